The van der Waals surface area contributed by atoms with Gasteiger partial charge in [-0.05, 0) is 0 Å². The van der Waals surface area contributed by atoms with E-state index < -0.39 is 10.0 Å². The molecule has 3 aromatic rings. The van der Waals surface area contributed by atoms with E-state index in [9.17, 15) is 8.42 Å². The number of rotatable bonds is 5. The van der Waals surface area contributed by atoms with Crippen LogP contribution in [0.1, 0.15) is 11.4 Å². The molecule has 1 fully saturated rings. The summed E-state index contributed by atoms with van der Waals surface area (Å²) in [5.74, 6) is 0.596. The Bertz CT molecular complexity index is 1030. The molecule has 0 saturated carbocycles. The van der Waals surface area contributed by atoms with Gasteiger partial charge in [0.05, 0.1) is 17.9 Å². The first-order valence-corrected chi connectivity index (χ1v) is 11.3. The number of piperazine rings is 1. The van der Waals surface area contributed by atoms with Crippen LogP contribution in [0, 0.1) is 0 Å². The molecular weight excluding hydrogens is 529 g/mol. The molecular formula is C16H22IN7O3S2. The molecule has 4 heterocycles. The molecule has 4 rings (SSSR count). The van der Waals surface area contributed by atoms with Crippen LogP contribution in [0.4, 0.5) is 0 Å². The van der Waals surface area contributed by atoms with Crippen LogP contribution in [0.3, 0.4) is 0 Å². The normalized spacial score (nSPS) is 16.2. The molecule has 1 saturated heterocycles. The van der Waals surface area contributed by atoms with Gasteiger partial charge in [-0.15, -0.1) is 35.3 Å². The van der Waals surface area contributed by atoms with Crippen LogP contribution in [0.25, 0.3) is 4.96 Å². The number of aliphatic imine (C=N–C) groups is 1. The van der Waals surface area contributed by atoms with Gasteiger partial charge in [0, 0.05) is 57.1 Å². The summed E-state index contributed by atoms with van der Waals surface area (Å²) in [6.45, 7) is 2.50. The van der Waals surface area contributed by atoms with Gasteiger partial charge in [0.2, 0.25) is 10.0 Å². The van der Waals surface area contributed by atoms with Gasteiger partial charge in [0.15, 0.2) is 10.9 Å². The monoisotopic (exact) mass is 551 g/mol. The predicted molar refractivity (Wildman–Crippen MR) is 121 cm³/mol. The number of sulfonamides is 1. The van der Waals surface area contributed by atoms with Gasteiger partial charge >= 0.3 is 0 Å². The highest BCUT2D eigenvalue weighted by Gasteiger charge is 2.29. The van der Waals surface area contributed by atoms with Crippen molar-refractivity contribution < 1.29 is 12.9 Å². The molecule has 0 radical (unpaired) electrons. The van der Waals surface area contributed by atoms with E-state index in [1.807, 2.05) is 22.2 Å². The molecule has 3 aromatic heterocycles. The number of hydrogen-bond acceptors (Lipinski definition) is 7. The molecule has 13 heteroatoms. The van der Waals surface area contributed by atoms with Gasteiger partial charge in [-0.25, -0.2) is 13.4 Å². The van der Waals surface area contributed by atoms with Crippen molar-refractivity contribution in [2.75, 3.05) is 33.2 Å². The minimum atomic E-state index is -3.41. The van der Waals surface area contributed by atoms with Gasteiger partial charge in [0.25, 0.3) is 0 Å². The molecule has 0 aromatic carbocycles. The maximum atomic E-state index is 12.5. The Morgan fingerprint density at radius 2 is 2.10 bits per heavy atom. The Labute approximate surface area is 189 Å². The quantitative estimate of drug-likeness (QED) is 0.289. The SMILES string of the molecule is CN=C(NCc1cn2ccsc2n1)N1CCN(S(=O)(=O)Cc2ccon2)CC1.I. The Balaban J connectivity index is 0.00000240. The smallest absolute Gasteiger partial charge is 0.220 e. The van der Waals surface area contributed by atoms with Crippen molar-refractivity contribution in [3.63, 3.8) is 0 Å². The van der Waals surface area contributed by atoms with Gasteiger partial charge in [-0.1, -0.05) is 5.16 Å². The standard InChI is InChI=1S/C16H21N7O3S2.HI/c1-17-15(18-10-14-11-22-7-9-27-16(22)19-14)21-3-5-23(6-4-21)28(24,25)12-13-2-8-26-20-13;/h2,7-9,11H,3-6,10,12H2,1H3,(H,17,18);1H. The third kappa shape index (κ3) is 5.07. The summed E-state index contributed by atoms with van der Waals surface area (Å²) in [5.41, 5.74) is 1.35. The summed E-state index contributed by atoms with van der Waals surface area (Å²) in [7, 11) is -1.69. The Hall–Kier alpha value is -1.71. The lowest BCUT2D eigenvalue weighted by molar-refractivity contribution is 0.259. The number of nitrogens with one attached hydrogen (secondary N) is 1. The minimum Gasteiger partial charge on any atom is -0.364 e. The van der Waals surface area contributed by atoms with Gasteiger partial charge in [-0.2, -0.15) is 4.31 Å². The second kappa shape index (κ2) is 9.40. The summed E-state index contributed by atoms with van der Waals surface area (Å²) < 4.78 is 33.3. The van der Waals surface area contributed by atoms with Crippen molar-refractivity contribution in [3.8, 4) is 0 Å². The van der Waals surface area contributed by atoms with E-state index in [1.54, 1.807) is 24.5 Å². The van der Waals surface area contributed by atoms with E-state index in [1.165, 1.54) is 10.6 Å². The lowest BCUT2D eigenvalue weighted by Crippen LogP contribution is -2.53. The Morgan fingerprint density at radius 1 is 1.31 bits per heavy atom. The zero-order chi connectivity index (χ0) is 19.6. The Kier molecular flexibility index (Phi) is 7.13. The number of fused-ring (bicyclic) bond motifs is 1. The number of halogens is 1. The maximum absolute atomic E-state index is 12.5. The van der Waals surface area contributed by atoms with Crippen LogP contribution >= 0.6 is 35.3 Å². The number of thiazole rings is 1. The molecule has 0 bridgehead atoms. The molecule has 10 nitrogen and oxygen atoms in total. The summed E-state index contributed by atoms with van der Waals surface area (Å²) in [6.07, 6.45) is 5.34. The highest BCUT2D eigenvalue weighted by molar-refractivity contribution is 14.0. The van der Waals surface area contributed by atoms with Crippen molar-refractivity contribution in [1.29, 1.82) is 0 Å². The zero-order valence-corrected chi connectivity index (χ0v) is 19.7. The molecule has 0 atom stereocenters. The molecule has 158 valence electrons. The number of guanidine groups is 1. The van der Waals surface area contributed by atoms with Crippen molar-refractivity contribution in [1.82, 2.24) is 29.1 Å². The molecule has 29 heavy (non-hydrogen) atoms. The summed E-state index contributed by atoms with van der Waals surface area (Å²) >= 11 is 1.59. The maximum Gasteiger partial charge on any atom is 0.220 e. The predicted octanol–water partition coefficient (Wildman–Crippen LogP) is 1.22. The van der Waals surface area contributed by atoms with Crippen LogP contribution in [0.5, 0.6) is 0 Å². The van der Waals surface area contributed by atoms with Gasteiger partial charge < -0.3 is 14.7 Å². The molecule has 0 aliphatic carbocycles. The second-order valence-corrected chi connectivity index (χ2v) is 9.20. The van der Waals surface area contributed by atoms with Gasteiger partial charge in [0.1, 0.15) is 12.0 Å². The first-order valence-electron chi connectivity index (χ1n) is 8.79. The van der Waals surface area contributed by atoms with E-state index in [-0.39, 0.29) is 29.7 Å². The van der Waals surface area contributed by atoms with E-state index >= 15 is 0 Å². The fourth-order valence-electron chi connectivity index (χ4n) is 3.13. The highest BCUT2D eigenvalue weighted by Crippen LogP contribution is 2.14. The lowest BCUT2D eigenvalue weighted by Gasteiger charge is -2.35. The summed E-state index contributed by atoms with van der Waals surface area (Å²) in [6, 6.07) is 1.57. The van der Waals surface area contributed by atoms with Gasteiger partial charge in [-0.3, -0.25) is 9.39 Å². The molecule has 0 spiro atoms. The third-order valence-corrected chi connectivity index (χ3v) is 7.12. The summed E-state index contributed by atoms with van der Waals surface area (Å²) in [5, 5.41) is 9.00. The average Bonchev–Trinajstić information content (AvgIpc) is 3.40. The zero-order valence-electron chi connectivity index (χ0n) is 15.8. The summed E-state index contributed by atoms with van der Waals surface area (Å²) in [4.78, 5) is 11.9. The number of imidazole rings is 1. The van der Waals surface area contributed by atoms with Crippen LogP contribution in [0.2, 0.25) is 0 Å². The molecule has 1 N–H and O–H groups in total. The van der Waals surface area contributed by atoms with E-state index in [4.69, 9.17) is 4.52 Å². The van der Waals surface area contributed by atoms with Crippen LogP contribution < -0.4 is 5.32 Å². The van der Waals surface area contributed by atoms with Crippen LogP contribution in [-0.2, 0) is 22.3 Å². The van der Waals surface area contributed by atoms with Crippen molar-refractivity contribution >= 4 is 56.3 Å². The van der Waals surface area contributed by atoms with Crippen molar-refractivity contribution in [3.05, 3.63) is 41.5 Å². The average molecular weight is 551 g/mol. The van der Waals surface area contributed by atoms with Crippen LogP contribution in [0.15, 0.2) is 39.6 Å². The number of aromatic nitrogens is 3. The van der Waals surface area contributed by atoms with Crippen molar-refractivity contribution in [2.45, 2.75) is 12.3 Å². The largest absolute Gasteiger partial charge is 0.364 e. The fourth-order valence-corrected chi connectivity index (χ4v) is 5.28. The minimum absolute atomic E-state index is 0. The topological polar surface area (TPSA) is 108 Å². The van der Waals surface area contributed by atoms with E-state index in [2.05, 4.69) is 25.3 Å². The first-order chi connectivity index (χ1) is 13.5. The fraction of sp³-hybridized carbons (Fsp3) is 0.438. The highest BCUT2D eigenvalue weighted by atomic mass is 127. The second-order valence-electron chi connectivity index (χ2n) is 6.36. The number of nitrogens with zero attached hydrogens (tertiary/aromatic N) is 6. The molecule has 0 unspecified atom stereocenters. The third-order valence-electron chi connectivity index (χ3n) is 4.54. The first kappa shape index (κ1) is 22.0. The molecule has 1 aliphatic heterocycles. The lowest BCUT2D eigenvalue weighted by atomic mass is 10.4. The van der Waals surface area contributed by atoms with Crippen LogP contribution in [-0.4, -0.2) is 71.4 Å². The molecule has 1 aliphatic rings. The van der Waals surface area contributed by atoms with E-state index in [0.29, 0.717) is 38.4 Å². The van der Waals surface area contributed by atoms with E-state index in [0.717, 1.165) is 16.6 Å². The number of hydrogen-bond donors (Lipinski definition) is 1. The van der Waals surface area contributed by atoms with Crippen molar-refractivity contribution in [2.24, 2.45) is 4.99 Å². The Morgan fingerprint density at radius 3 is 2.76 bits per heavy atom. The molecule has 0 amide bonds.